The van der Waals surface area contributed by atoms with Gasteiger partial charge >= 0.3 is 0 Å². The standard InChI is InChI=1S/C10H13NO2/c1-2-13-8-10(12)7-9-3-5-11-6-4-9/h3-6H,2,7-8H2,1H3. The van der Waals surface area contributed by atoms with Crippen LogP contribution >= 0.6 is 0 Å². The van der Waals surface area contributed by atoms with Crippen LogP contribution in [0.4, 0.5) is 0 Å². The average molecular weight is 179 g/mol. The van der Waals surface area contributed by atoms with Crippen molar-refractivity contribution in [2.24, 2.45) is 0 Å². The maximum absolute atomic E-state index is 11.2. The number of carbonyl (C=O) groups is 1. The molecular formula is C10H13NO2. The lowest BCUT2D eigenvalue weighted by molar-refractivity contribution is -0.122. The van der Waals surface area contributed by atoms with E-state index in [1.54, 1.807) is 12.4 Å². The summed E-state index contributed by atoms with van der Waals surface area (Å²) in [6, 6.07) is 3.67. The molecule has 0 aliphatic carbocycles. The van der Waals surface area contributed by atoms with Gasteiger partial charge in [-0.25, -0.2) is 0 Å². The molecule has 0 saturated carbocycles. The average Bonchev–Trinajstić information content (AvgIpc) is 2.16. The molecule has 0 aromatic carbocycles. The quantitative estimate of drug-likeness (QED) is 0.682. The van der Waals surface area contributed by atoms with Crippen molar-refractivity contribution < 1.29 is 9.53 Å². The van der Waals surface area contributed by atoms with Gasteiger partial charge in [-0.2, -0.15) is 0 Å². The molecule has 70 valence electrons. The van der Waals surface area contributed by atoms with Crippen molar-refractivity contribution in [2.45, 2.75) is 13.3 Å². The van der Waals surface area contributed by atoms with Crippen molar-refractivity contribution in [3.63, 3.8) is 0 Å². The summed E-state index contributed by atoms with van der Waals surface area (Å²) in [6.45, 7) is 2.67. The SMILES string of the molecule is CCOCC(=O)Cc1ccncc1. The molecule has 1 heterocycles. The van der Waals surface area contributed by atoms with E-state index in [9.17, 15) is 4.79 Å². The first-order valence-electron chi connectivity index (χ1n) is 4.31. The number of ether oxygens (including phenoxy) is 1. The van der Waals surface area contributed by atoms with Crippen LogP contribution in [0.15, 0.2) is 24.5 Å². The van der Waals surface area contributed by atoms with Gasteiger partial charge < -0.3 is 4.74 Å². The van der Waals surface area contributed by atoms with E-state index in [0.29, 0.717) is 13.0 Å². The van der Waals surface area contributed by atoms with Gasteiger partial charge in [-0.1, -0.05) is 0 Å². The minimum Gasteiger partial charge on any atom is -0.374 e. The van der Waals surface area contributed by atoms with E-state index in [2.05, 4.69) is 4.98 Å². The fourth-order valence-corrected chi connectivity index (χ4v) is 0.995. The summed E-state index contributed by atoms with van der Waals surface area (Å²) < 4.78 is 5.00. The Kier molecular flexibility index (Phi) is 4.12. The van der Waals surface area contributed by atoms with Gasteiger partial charge in [-0.3, -0.25) is 9.78 Å². The van der Waals surface area contributed by atoms with Crippen molar-refractivity contribution in [1.29, 1.82) is 0 Å². The third-order valence-corrected chi connectivity index (χ3v) is 1.62. The van der Waals surface area contributed by atoms with Crippen LogP contribution in [0.1, 0.15) is 12.5 Å². The fourth-order valence-electron chi connectivity index (χ4n) is 0.995. The lowest BCUT2D eigenvalue weighted by Gasteiger charge is -2.00. The lowest BCUT2D eigenvalue weighted by Crippen LogP contribution is -2.11. The Labute approximate surface area is 77.8 Å². The first-order chi connectivity index (χ1) is 6.33. The Balaban J connectivity index is 2.37. The fraction of sp³-hybridized carbons (Fsp3) is 0.400. The number of Topliss-reactive ketones (excluding diaryl/α,β-unsaturated/α-hetero) is 1. The van der Waals surface area contributed by atoms with Gasteiger partial charge in [0, 0.05) is 25.4 Å². The number of rotatable bonds is 5. The van der Waals surface area contributed by atoms with E-state index in [1.165, 1.54) is 0 Å². The van der Waals surface area contributed by atoms with Crippen LogP contribution in [0.2, 0.25) is 0 Å². The summed E-state index contributed by atoms with van der Waals surface area (Å²) in [6.07, 6.45) is 3.80. The van der Waals surface area contributed by atoms with E-state index < -0.39 is 0 Å². The molecule has 0 N–H and O–H groups in total. The van der Waals surface area contributed by atoms with Crippen LogP contribution in [0.5, 0.6) is 0 Å². The third-order valence-electron chi connectivity index (χ3n) is 1.62. The van der Waals surface area contributed by atoms with Crippen LogP contribution in [0, 0.1) is 0 Å². The van der Waals surface area contributed by atoms with Crippen LogP contribution in [-0.2, 0) is 16.0 Å². The van der Waals surface area contributed by atoms with Crippen molar-refractivity contribution in [2.75, 3.05) is 13.2 Å². The van der Waals surface area contributed by atoms with Gasteiger partial charge in [0.05, 0.1) is 0 Å². The molecule has 3 heteroatoms. The molecule has 0 fully saturated rings. The number of pyridine rings is 1. The molecule has 0 spiro atoms. The number of ketones is 1. The van der Waals surface area contributed by atoms with E-state index in [0.717, 1.165) is 5.56 Å². The molecule has 1 aromatic rings. The highest BCUT2D eigenvalue weighted by Crippen LogP contribution is 1.98. The molecule has 1 rings (SSSR count). The Morgan fingerprint density at radius 2 is 2.15 bits per heavy atom. The summed E-state index contributed by atoms with van der Waals surface area (Å²) in [5.41, 5.74) is 0.986. The van der Waals surface area contributed by atoms with E-state index in [4.69, 9.17) is 4.74 Å². The van der Waals surface area contributed by atoms with Crippen molar-refractivity contribution in [1.82, 2.24) is 4.98 Å². The number of aromatic nitrogens is 1. The molecule has 0 bridgehead atoms. The Morgan fingerprint density at radius 1 is 1.46 bits per heavy atom. The molecule has 0 saturated heterocycles. The Morgan fingerprint density at radius 3 is 2.77 bits per heavy atom. The summed E-state index contributed by atoms with van der Waals surface area (Å²) >= 11 is 0. The van der Waals surface area contributed by atoms with Gasteiger partial charge in [0.25, 0.3) is 0 Å². The molecule has 0 aliphatic heterocycles. The highest BCUT2D eigenvalue weighted by molar-refractivity contribution is 5.81. The van der Waals surface area contributed by atoms with Gasteiger partial charge in [0.1, 0.15) is 6.61 Å². The second kappa shape index (κ2) is 5.43. The zero-order valence-corrected chi connectivity index (χ0v) is 7.69. The number of hydrogen-bond acceptors (Lipinski definition) is 3. The van der Waals surface area contributed by atoms with Crippen LogP contribution in [-0.4, -0.2) is 24.0 Å². The molecule has 1 aromatic heterocycles. The molecule has 0 unspecified atom stereocenters. The molecule has 0 aliphatic rings. The monoisotopic (exact) mass is 179 g/mol. The molecular weight excluding hydrogens is 166 g/mol. The van der Waals surface area contributed by atoms with E-state index in [-0.39, 0.29) is 12.4 Å². The minimum atomic E-state index is 0.105. The topological polar surface area (TPSA) is 39.2 Å². The minimum absolute atomic E-state index is 0.105. The normalized spacial score (nSPS) is 9.92. The second-order valence-corrected chi connectivity index (χ2v) is 2.71. The Hall–Kier alpha value is -1.22. The molecule has 13 heavy (non-hydrogen) atoms. The van der Waals surface area contributed by atoms with Crippen LogP contribution in [0.25, 0.3) is 0 Å². The molecule has 0 amide bonds. The van der Waals surface area contributed by atoms with Crippen molar-refractivity contribution in [3.05, 3.63) is 30.1 Å². The highest BCUT2D eigenvalue weighted by Gasteiger charge is 2.02. The summed E-state index contributed by atoms with van der Waals surface area (Å²) in [5.74, 6) is 0.105. The first kappa shape index (κ1) is 9.86. The number of carbonyl (C=O) groups excluding carboxylic acids is 1. The number of nitrogens with zero attached hydrogens (tertiary/aromatic N) is 1. The smallest absolute Gasteiger partial charge is 0.162 e. The van der Waals surface area contributed by atoms with Gasteiger partial charge in [0.2, 0.25) is 0 Å². The lowest BCUT2D eigenvalue weighted by atomic mass is 10.1. The third kappa shape index (κ3) is 3.80. The maximum Gasteiger partial charge on any atom is 0.162 e. The second-order valence-electron chi connectivity index (χ2n) is 2.71. The van der Waals surface area contributed by atoms with E-state index >= 15 is 0 Å². The zero-order chi connectivity index (χ0) is 9.52. The summed E-state index contributed by atoms with van der Waals surface area (Å²) in [7, 11) is 0. The largest absolute Gasteiger partial charge is 0.374 e. The molecule has 0 radical (unpaired) electrons. The predicted molar refractivity (Wildman–Crippen MR) is 49.4 cm³/mol. The predicted octanol–water partition coefficient (Wildman–Crippen LogP) is 1.23. The number of hydrogen-bond donors (Lipinski definition) is 0. The first-order valence-corrected chi connectivity index (χ1v) is 4.31. The maximum atomic E-state index is 11.2. The summed E-state index contributed by atoms with van der Waals surface area (Å²) in [5, 5.41) is 0. The summed E-state index contributed by atoms with van der Waals surface area (Å²) in [4.78, 5) is 15.1. The highest BCUT2D eigenvalue weighted by atomic mass is 16.5. The zero-order valence-electron chi connectivity index (χ0n) is 7.69. The van der Waals surface area contributed by atoms with E-state index in [1.807, 2.05) is 19.1 Å². The van der Waals surface area contributed by atoms with Crippen LogP contribution < -0.4 is 0 Å². The Bertz CT molecular complexity index is 259. The van der Waals surface area contributed by atoms with Crippen molar-refractivity contribution in [3.8, 4) is 0 Å². The molecule has 3 nitrogen and oxygen atoms in total. The van der Waals surface area contributed by atoms with Gasteiger partial charge in [0.15, 0.2) is 5.78 Å². The van der Waals surface area contributed by atoms with Gasteiger partial charge in [-0.05, 0) is 24.6 Å². The van der Waals surface area contributed by atoms with Crippen LogP contribution in [0.3, 0.4) is 0 Å². The molecule has 0 atom stereocenters. The van der Waals surface area contributed by atoms with Crippen molar-refractivity contribution >= 4 is 5.78 Å². The van der Waals surface area contributed by atoms with Gasteiger partial charge in [-0.15, -0.1) is 0 Å².